The molecule has 0 aliphatic heterocycles. The summed E-state index contributed by atoms with van der Waals surface area (Å²) < 4.78 is 26.2. The summed E-state index contributed by atoms with van der Waals surface area (Å²) in [5, 5.41) is 20.7. The van der Waals surface area contributed by atoms with Crippen LogP contribution in [0.5, 0.6) is 0 Å². The quantitative estimate of drug-likeness (QED) is 0.544. The van der Waals surface area contributed by atoms with Gasteiger partial charge in [-0.15, -0.1) is 0 Å². The molecule has 128 valence electrons. The van der Waals surface area contributed by atoms with Gasteiger partial charge in [-0.25, -0.2) is 17.9 Å². The molecule has 4 N–H and O–H groups in total. The minimum absolute atomic E-state index is 0.0694. The molecule has 0 saturated heterocycles. The van der Waals surface area contributed by atoms with Crippen LogP contribution >= 0.6 is 0 Å². The van der Waals surface area contributed by atoms with Gasteiger partial charge in [-0.2, -0.15) is 0 Å². The van der Waals surface area contributed by atoms with Gasteiger partial charge in [-0.3, -0.25) is 4.79 Å². The van der Waals surface area contributed by atoms with Crippen LogP contribution in [-0.2, 0) is 14.8 Å². The van der Waals surface area contributed by atoms with Crippen molar-refractivity contribution in [2.24, 2.45) is 0 Å². The minimum Gasteiger partial charge on any atom is -0.479 e. The van der Waals surface area contributed by atoms with Gasteiger partial charge >= 0.3 is 5.97 Å². The van der Waals surface area contributed by atoms with Crippen molar-refractivity contribution in [2.75, 3.05) is 13.1 Å². The summed E-state index contributed by atoms with van der Waals surface area (Å²) in [7, 11) is -3.71. The van der Waals surface area contributed by atoms with Crippen molar-refractivity contribution < 1.29 is 28.2 Å². The average Bonchev–Trinajstić information content (AvgIpc) is 2.44. The first kappa shape index (κ1) is 19.1. The maximum absolute atomic E-state index is 12.1. The zero-order valence-corrected chi connectivity index (χ0v) is 13.9. The third-order valence-corrected chi connectivity index (χ3v) is 4.70. The Hall–Kier alpha value is -1.97. The van der Waals surface area contributed by atoms with E-state index in [9.17, 15) is 23.1 Å². The standard InChI is InChI=1S/C14H20N2O6S/c1-4-16-23(21,22)10-6-5-9(2)11(7-10)12(17)15-8-14(3,20)13(18)19/h5-7,16,20H,4,8H2,1-3H3,(H,15,17)(H,18,19). The molecule has 0 aromatic heterocycles. The molecular weight excluding hydrogens is 324 g/mol. The number of sulfonamides is 1. The number of rotatable bonds is 7. The lowest BCUT2D eigenvalue weighted by Crippen LogP contribution is -2.46. The molecule has 8 nitrogen and oxygen atoms in total. The second-order valence-electron chi connectivity index (χ2n) is 5.24. The fourth-order valence-electron chi connectivity index (χ4n) is 1.71. The Balaban J connectivity index is 3.04. The van der Waals surface area contributed by atoms with Crippen LogP contribution < -0.4 is 10.0 Å². The Kier molecular flexibility index (Phi) is 5.86. The molecule has 1 atom stereocenters. The Bertz CT molecular complexity index is 712. The Morgan fingerprint density at radius 2 is 1.91 bits per heavy atom. The summed E-state index contributed by atoms with van der Waals surface area (Å²) in [4.78, 5) is 22.9. The molecule has 1 aromatic rings. The van der Waals surface area contributed by atoms with Crippen LogP contribution in [0.15, 0.2) is 23.1 Å². The lowest BCUT2D eigenvalue weighted by Gasteiger charge is -2.18. The highest BCUT2D eigenvalue weighted by Gasteiger charge is 2.30. The van der Waals surface area contributed by atoms with Crippen molar-refractivity contribution in [3.8, 4) is 0 Å². The van der Waals surface area contributed by atoms with Crippen molar-refractivity contribution in [3.63, 3.8) is 0 Å². The van der Waals surface area contributed by atoms with Gasteiger partial charge in [-0.1, -0.05) is 13.0 Å². The van der Waals surface area contributed by atoms with Gasteiger partial charge in [0.25, 0.3) is 5.91 Å². The third kappa shape index (κ3) is 4.75. The van der Waals surface area contributed by atoms with Crippen LogP contribution in [0.3, 0.4) is 0 Å². The summed E-state index contributed by atoms with van der Waals surface area (Å²) >= 11 is 0. The molecule has 0 saturated carbocycles. The van der Waals surface area contributed by atoms with E-state index < -0.39 is 34.0 Å². The number of nitrogens with one attached hydrogen (secondary N) is 2. The number of carbonyl (C=O) groups is 2. The lowest BCUT2D eigenvalue weighted by molar-refractivity contribution is -0.155. The van der Waals surface area contributed by atoms with Crippen LogP contribution in [0.4, 0.5) is 0 Å². The van der Waals surface area contributed by atoms with Crippen LogP contribution in [0.2, 0.25) is 0 Å². The number of amides is 1. The third-order valence-electron chi connectivity index (χ3n) is 3.15. The van der Waals surface area contributed by atoms with Crippen LogP contribution in [0.25, 0.3) is 0 Å². The van der Waals surface area contributed by atoms with Gasteiger partial charge in [0.1, 0.15) is 0 Å². The van der Waals surface area contributed by atoms with E-state index in [0.29, 0.717) is 5.56 Å². The van der Waals surface area contributed by atoms with Gasteiger partial charge in [-0.05, 0) is 31.5 Å². The number of aliphatic hydroxyl groups is 1. The van der Waals surface area contributed by atoms with E-state index in [0.717, 1.165) is 6.92 Å². The Morgan fingerprint density at radius 3 is 2.43 bits per heavy atom. The maximum Gasteiger partial charge on any atom is 0.337 e. The van der Waals surface area contributed by atoms with Crippen molar-refractivity contribution in [1.82, 2.24) is 10.0 Å². The van der Waals surface area contributed by atoms with Crippen molar-refractivity contribution in [3.05, 3.63) is 29.3 Å². The number of benzene rings is 1. The van der Waals surface area contributed by atoms with Crippen LogP contribution in [0, 0.1) is 6.92 Å². The van der Waals surface area contributed by atoms with Gasteiger partial charge < -0.3 is 15.5 Å². The number of aliphatic carboxylic acids is 1. The zero-order valence-electron chi connectivity index (χ0n) is 13.1. The minimum atomic E-state index is -3.71. The van der Waals surface area contributed by atoms with Gasteiger partial charge in [0.2, 0.25) is 10.0 Å². The van der Waals surface area contributed by atoms with E-state index in [4.69, 9.17) is 5.11 Å². The van der Waals surface area contributed by atoms with E-state index in [1.54, 1.807) is 13.8 Å². The Morgan fingerprint density at radius 1 is 1.30 bits per heavy atom. The highest BCUT2D eigenvalue weighted by atomic mass is 32.2. The fraction of sp³-hybridized carbons (Fsp3) is 0.429. The van der Waals surface area contributed by atoms with Gasteiger partial charge in [0.05, 0.1) is 11.4 Å². The van der Waals surface area contributed by atoms with E-state index in [1.165, 1.54) is 18.2 Å². The average molecular weight is 344 g/mol. The largest absolute Gasteiger partial charge is 0.479 e. The topological polar surface area (TPSA) is 133 Å². The van der Waals surface area contributed by atoms with E-state index in [1.807, 2.05) is 0 Å². The summed E-state index contributed by atoms with van der Waals surface area (Å²) in [6.07, 6.45) is 0. The summed E-state index contributed by atoms with van der Waals surface area (Å²) in [6.45, 7) is 4.00. The normalized spacial score (nSPS) is 14.1. The summed E-state index contributed by atoms with van der Waals surface area (Å²) in [5.74, 6) is -2.14. The first-order chi connectivity index (χ1) is 10.5. The fourth-order valence-corrected chi connectivity index (χ4v) is 2.78. The maximum atomic E-state index is 12.1. The molecule has 0 fully saturated rings. The molecule has 0 aliphatic rings. The molecular formula is C14H20N2O6S. The number of aryl methyl sites for hydroxylation is 1. The Labute approximate surface area is 134 Å². The predicted octanol–water partition coefficient (Wildman–Crippen LogP) is -0.141. The zero-order chi connectivity index (χ0) is 17.8. The highest BCUT2D eigenvalue weighted by Crippen LogP contribution is 2.16. The first-order valence-corrected chi connectivity index (χ1v) is 8.34. The van der Waals surface area contributed by atoms with Gasteiger partial charge in [0.15, 0.2) is 5.60 Å². The molecule has 9 heteroatoms. The van der Waals surface area contributed by atoms with E-state index >= 15 is 0 Å². The lowest BCUT2D eigenvalue weighted by atomic mass is 10.1. The van der Waals surface area contributed by atoms with Crippen LogP contribution in [-0.4, -0.2) is 49.2 Å². The number of hydrogen-bond acceptors (Lipinski definition) is 5. The van der Waals surface area contributed by atoms with Crippen molar-refractivity contribution in [2.45, 2.75) is 31.3 Å². The van der Waals surface area contributed by atoms with Gasteiger partial charge in [0, 0.05) is 12.1 Å². The van der Waals surface area contributed by atoms with Crippen LogP contribution in [0.1, 0.15) is 29.8 Å². The first-order valence-electron chi connectivity index (χ1n) is 6.85. The number of carbonyl (C=O) groups excluding carboxylic acids is 1. The predicted molar refractivity (Wildman–Crippen MR) is 82.6 cm³/mol. The number of hydrogen-bond donors (Lipinski definition) is 4. The molecule has 0 radical (unpaired) electrons. The molecule has 0 heterocycles. The second kappa shape index (κ2) is 7.07. The monoisotopic (exact) mass is 344 g/mol. The SMILES string of the molecule is CCNS(=O)(=O)c1ccc(C)c(C(=O)NCC(C)(O)C(=O)O)c1. The molecule has 1 rings (SSSR count). The molecule has 23 heavy (non-hydrogen) atoms. The molecule has 1 unspecified atom stereocenters. The second-order valence-corrected chi connectivity index (χ2v) is 7.01. The molecule has 1 aromatic carbocycles. The number of carboxylic acids is 1. The molecule has 0 spiro atoms. The number of carboxylic acid groups (broad SMARTS) is 1. The summed E-state index contributed by atoms with van der Waals surface area (Å²) in [5.41, 5.74) is -1.50. The highest BCUT2D eigenvalue weighted by molar-refractivity contribution is 7.89. The smallest absolute Gasteiger partial charge is 0.337 e. The molecule has 1 amide bonds. The molecule has 0 aliphatic carbocycles. The van der Waals surface area contributed by atoms with Crippen molar-refractivity contribution in [1.29, 1.82) is 0 Å². The van der Waals surface area contributed by atoms with E-state index in [-0.39, 0.29) is 17.0 Å². The molecule has 0 bridgehead atoms. The summed E-state index contributed by atoms with van der Waals surface area (Å²) in [6, 6.07) is 4.06. The van der Waals surface area contributed by atoms with E-state index in [2.05, 4.69) is 10.0 Å². The van der Waals surface area contributed by atoms with Crippen molar-refractivity contribution >= 4 is 21.9 Å².